The van der Waals surface area contributed by atoms with Gasteiger partial charge in [0.1, 0.15) is 11.2 Å². The van der Waals surface area contributed by atoms with Crippen molar-refractivity contribution in [1.82, 2.24) is 9.97 Å². The third-order valence-electron chi connectivity index (χ3n) is 1.03. The number of hydrogen-bond donors (Lipinski definition) is 0. The van der Waals surface area contributed by atoms with Crippen molar-refractivity contribution < 1.29 is 0 Å². The summed E-state index contributed by atoms with van der Waals surface area (Å²) in [5, 5.41) is 2.84. The van der Waals surface area contributed by atoms with Crippen molar-refractivity contribution in [2.24, 2.45) is 0 Å². The van der Waals surface area contributed by atoms with Gasteiger partial charge in [0.05, 0.1) is 10.4 Å². The summed E-state index contributed by atoms with van der Waals surface area (Å²) in [4.78, 5) is 9.09. The predicted octanol–water partition coefficient (Wildman–Crippen LogP) is 2.07. The molecule has 2 rings (SSSR count). The van der Waals surface area contributed by atoms with Crippen LogP contribution in [-0.4, -0.2) is 9.97 Å². The Morgan fingerprint density at radius 1 is 1.40 bits per heavy atom. The highest BCUT2D eigenvalue weighted by Crippen LogP contribution is 2.24. The lowest BCUT2D eigenvalue weighted by atomic mass is 10.6. The van der Waals surface area contributed by atoms with E-state index in [0.29, 0.717) is 0 Å². The minimum atomic E-state index is 1.00. The summed E-state index contributed by atoms with van der Waals surface area (Å²) >= 11 is 3.18. The van der Waals surface area contributed by atoms with E-state index in [9.17, 15) is 0 Å². The minimum Gasteiger partial charge on any atom is -0.252 e. The number of aromatic nitrogens is 2. The Kier molecular flexibility index (Phi) is 1.49. The monoisotopic (exact) mass is 167 g/mol. The van der Waals surface area contributed by atoms with Crippen molar-refractivity contribution in [3.05, 3.63) is 23.3 Å². The van der Waals surface area contributed by atoms with Crippen LogP contribution in [0.5, 0.6) is 0 Å². The zero-order chi connectivity index (χ0) is 6.81. The molecule has 0 fully saturated rings. The van der Waals surface area contributed by atoms with Gasteiger partial charge >= 0.3 is 0 Å². The molecule has 0 saturated heterocycles. The summed E-state index contributed by atoms with van der Waals surface area (Å²) in [7, 11) is 0. The van der Waals surface area contributed by atoms with Crippen LogP contribution in [0.1, 0.15) is 0 Å². The van der Waals surface area contributed by atoms with Crippen LogP contribution in [0.3, 0.4) is 0 Å². The fraction of sp³-hybridized carbons (Fsp3) is 0. The quantitative estimate of drug-likeness (QED) is 0.649. The number of nitrogens with zero attached hydrogens (tertiary/aromatic N) is 2. The first-order valence-corrected chi connectivity index (χ1v) is 4.43. The molecule has 2 aromatic heterocycles. The highest BCUT2D eigenvalue weighted by molar-refractivity contribution is 7.19. The molecule has 0 saturated carbocycles. The largest absolute Gasteiger partial charge is 0.252 e. The minimum absolute atomic E-state index is 1.00. The molecule has 0 spiro atoms. The Morgan fingerprint density at radius 2 is 2.40 bits per heavy atom. The Bertz CT molecular complexity index is 253. The average molecular weight is 167 g/mol. The molecule has 0 bridgehead atoms. The van der Waals surface area contributed by atoms with Crippen molar-refractivity contribution in [3.63, 3.8) is 0 Å². The van der Waals surface area contributed by atoms with E-state index in [-0.39, 0.29) is 0 Å². The van der Waals surface area contributed by atoms with Gasteiger partial charge in [-0.1, -0.05) is 0 Å². The van der Waals surface area contributed by atoms with Gasteiger partial charge in [-0.3, -0.25) is 4.98 Å². The molecular formula is C6H3N2S2. The van der Waals surface area contributed by atoms with E-state index in [0.717, 1.165) is 9.88 Å². The summed E-state index contributed by atoms with van der Waals surface area (Å²) in [6, 6.07) is 0. The van der Waals surface area contributed by atoms with Crippen LogP contribution in [-0.2, 0) is 0 Å². The molecule has 0 aromatic carbocycles. The van der Waals surface area contributed by atoms with Crippen LogP contribution in [0.25, 0.3) is 9.88 Å². The number of thiazole rings is 2. The van der Waals surface area contributed by atoms with Gasteiger partial charge in [0.15, 0.2) is 0 Å². The first-order valence-electron chi connectivity index (χ1n) is 2.67. The van der Waals surface area contributed by atoms with Gasteiger partial charge in [-0.25, -0.2) is 4.98 Å². The van der Waals surface area contributed by atoms with E-state index < -0.39 is 0 Å². The lowest BCUT2D eigenvalue weighted by Crippen LogP contribution is -1.64. The maximum Gasteiger partial charge on any atom is 0.135 e. The lowest BCUT2D eigenvalue weighted by molar-refractivity contribution is 1.38. The second kappa shape index (κ2) is 2.48. The van der Waals surface area contributed by atoms with Crippen LogP contribution in [0.4, 0.5) is 0 Å². The van der Waals surface area contributed by atoms with Gasteiger partial charge in [-0.2, -0.15) is 0 Å². The van der Waals surface area contributed by atoms with Crippen molar-refractivity contribution >= 4 is 22.7 Å². The third kappa shape index (κ3) is 0.955. The smallest absolute Gasteiger partial charge is 0.135 e. The van der Waals surface area contributed by atoms with Gasteiger partial charge in [0.25, 0.3) is 0 Å². The molecular weight excluding hydrogens is 164 g/mol. The highest BCUT2D eigenvalue weighted by Gasteiger charge is 1.99. The normalized spacial score (nSPS) is 10.0. The molecule has 0 aliphatic heterocycles. The number of hydrogen-bond acceptors (Lipinski definition) is 4. The van der Waals surface area contributed by atoms with Crippen molar-refractivity contribution in [1.29, 1.82) is 0 Å². The van der Waals surface area contributed by atoms with Crippen LogP contribution < -0.4 is 0 Å². The van der Waals surface area contributed by atoms with Crippen molar-refractivity contribution in [2.75, 3.05) is 0 Å². The van der Waals surface area contributed by atoms with E-state index in [1.165, 1.54) is 0 Å². The second-order valence-corrected chi connectivity index (χ2v) is 3.39. The molecule has 4 heteroatoms. The van der Waals surface area contributed by atoms with Gasteiger partial charge in [0, 0.05) is 11.6 Å². The topological polar surface area (TPSA) is 25.8 Å². The molecule has 1 radical (unpaired) electrons. The molecule has 0 unspecified atom stereocenters. The highest BCUT2D eigenvalue weighted by atomic mass is 32.1. The lowest BCUT2D eigenvalue weighted by Gasteiger charge is -1.81. The maximum absolute atomic E-state index is 4.02. The summed E-state index contributed by atoms with van der Waals surface area (Å²) in [5.74, 6) is 0. The molecule has 49 valence electrons. The maximum atomic E-state index is 4.02. The van der Waals surface area contributed by atoms with Gasteiger partial charge in [0.2, 0.25) is 0 Å². The Balaban J connectivity index is 2.48. The SMILES string of the molecule is [c]1csc(-c2cncs2)n1. The van der Waals surface area contributed by atoms with Crippen LogP contribution in [0, 0.1) is 6.20 Å². The fourth-order valence-corrected chi connectivity index (χ4v) is 1.91. The van der Waals surface area contributed by atoms with E-state index in [1.54, 1.807) is 28.2 Å². The van der Waals surface area contributed by atoms with Crippen LogP contribution >= 0.6 is 22.7 Å². The summed E-state index contributed by atoms with van der Waals surface area (Å²) in [6.07, 6.45) is 4.58. The van der Waals surface area contributed by atoms with Crippen molar-refractivity contribution in [2.45, 2.75) is 0 Å². The van der Waals surface area contributed by atoms with Crippen LogP contribution in [0.15, 0.2) is 17.1 Å². The van der Waals surface area contributed by atoms with Gasteiger partial charge in [-0.05, 0) is 0 Å². The predicted molar refractivity (Wildman–Crippen MR) is 42.1 cm³/mol. The van der Waals surface area contributed by atoms with Crippen LogP contribution in [0.2, 0.25) is 0 Å². The molecule has 2 aromatic rings. The summed E-state index contributed by atoms with van der Waals surface area (Å²) < 4.78 is 0. The first kappa shape index (κ1) is 6.00. The molecule has 0 amide bonds. The van der Waals surface area contributed by atoms with Crippen molar-refractivity contribution in [3.8, 4) is 9.88 Å². The van der Waals surface area contributed by atoms with E-state index in [1.807, 2.05) is 11.6 Å². The fourth-order valence-electron chi connectivity index (χ4n) is 0.628. The molecule has 0 aliphatic rings. The zero-order valence-corrected chi connectivity index (χ0v) is 6.58. The molecule has 0 N–H and O–H groups in total. The molecule has 2 heterocycles. The standard InChI is InChI=1S/C6H3N2S2/c1-2-9-6(8-1)5-3-7-4-10-5/h2-4H. The van der Waals surface area contributed by atoms with Gasteiger partial charge < -0.3 is 0 Å². The molecule has 0 aliphatic carbocycles. The Labute approximate surface area is 66.2 Å². The molecule has 2 nitrogen and oxygen atoms in total. The number of rotatable bonds is 1. The summed E-state index contributed by atoms with van der Waals surface area (Å²) in [6.45, 7) is 0. The third-order valence-corrected chi connectivity index (χ3v) is 2.70. The Hall–Kier alpha value is -0.740. The van der Waals surface area contributed by atoms with E-state index in [2.05, 4.69) is 16.2 Å². The first-order chi connectivity index (χ1) is 4.97. The summed E-state index contributed by atoms with van der Waals surface area (Å²) in [5.41, 5.74) is 1.80. The zero-order valence-electron chi connectivity index (χ0n) is 4.94. The molecule has 0 atom stereocenters. The van der Waals surface area contributed by atoms with E-state index >= 15 is 0 Å². The molecule has 10 heavy (non-hydrogen) atoms. The Morgan fingerprint density at radius 3 is 3.00 bits per heavy atom. The average Bonchev–Trinajstić information content (AvgIpc) is 2.59. The van der Waals surface area contributed by atoms with E-state index in [4.69, 9.17) is 0 Å². The second-order valence-electron chi connectivity index (χ2n) is 1.65. The van der Waals surface area contributed by atoms with Gasteiger partial charge in [-0.15, -0.1) is 22.7 Å².